The lowest BCUT2D eigenvalue weighted by atomic mass is 10.0. The van der Waals surface area contributed by atoms with Crippen molar-refractivity contribution in [3.05, 3.63) is 26.1 Å². The summed E-state index contributed by atoms with van der Waals surface area (Å²) in [6, 6.07) is 0.0237. The van der Waals surface area contributed by atoms with E-state index in [0.29, 0.717) is 5.92 Å². The molecule has 8 nitrogen and oxygen atoms in total. The number of halogens is 1. The van der Waals surface area contributed by atoms with E-state index in [2.05, 4.69) is 24.1 Å². The molecule has 0 fully saturated rings. The summed E-state index contributed by atoms with van der Waals surface area (Å²) < 4.78 is 3.55. The Balaban J connectivity index is 2.30. The lowest BCUT2D eigenvalue weighted by Crippen LogP contribution is -2.39. The van der Waals surface area contributed by atoms with Crippen LogP contribution in [0, 0.1) is 5.92 Å². The topological polar surface area (TPSA) is 90.9 Å². The van der Waals surface area contributed by atoms with E-state index in [1.165, 1.54) is 23.2 Å². The highest BCUT2D eigenvalue weighted by Gasteiger charge is 2.20. The first kappa shape index (κ1) is 19.2. The lowest BCUT2D eigenvalue weighted by molar-refractivity contribution is -0.122. The van der Waals surface area contributed by atoms with Crippen LogP contribution in [0.25, 0.3) is 11.2 Å². The molecular formula is C16H24ClN5O3. The van der Waals surface area contributed by atoms with Crippen LogP contribution in [0.3, 0.4) is 0 Å². The molecule has 2 aromatic rings. The van der Waals surface area contributed by atoms with Gasteiger partial charge in [0.15, 0.2) is 11.2 Å². The fourth-order valence-corrected chi connectivity index (χ4v) is 2.91. The van der Waals surface area contributed by atoms with E-state index in [9.17, 15) is 14.4 Å². The molecule has 0 aliphatic rings. The van der Waals surface area contributed by atoms with Crippen LogP contribution in [-0.2, 0) is 25.4 Å². The first-order valence-corrected chi connectivity index (χ1v) is 8.62. The summed E-state index contributed by atoms with van der Waals surface area (Å²) in [7, 11) is 2.88. The van der Waals surface area contributed by atoms with Gasteiger partial charge in [0.2, 0.25) is 11.2 Å². The summed E-state index contributed by atoms with van der Waals surface area (Å²) in [6.07, 6.45) is 1.89. The van der Waals surface area contributed by atoms with Crippen molar-refractivity contribution in [1.29, 1.82) is 0 Å². The fourth-order valence-electron chi connectivity index (χ4n) is 2.68. The Morgan fingerprint density at radius 3 is 2.40 bits per heavy atom. The quantitative estimate of drug-likeness (QED) is 0.770. The van der Waals surface area contributed by atoms with Gasteiger partial charge in [0.1, 0.15) is 6.54 Å². The van der Waals surface area contributed by atoms with Crippen LogP contribution in [0.4, 0.5) is 0 Å². The number of carbonyl (C=O) groups is 1. The molecule has 0 saturated heterocycles. The summed E-state index contributed by atoms with van der Waals surface area (Å²) in [5.74, 6) is 0.309. The molecule has 138 valence electrons. The van der Waals surface area contributed by atoms with E-state index in [1.807, 2.05) is 6.92 Å². The molecule has 2 rings (SSSR count). The second-order valence-corrected chi connectivity index (χ2v) is 7.12. The number of aryl methyl sites for hydroxylation is 1. The van der Waals surface area contributed by atoms with Gasteiger partial charge in [-0.15, -0.1) is 0 Å². The molecule has 0 unspecified atom stereocenters. The van der Waals surface area contributed by atoms with Gasteiger partial charge in [-0.1, -0.05) is 13.8 Å². The van der Waals surface area contributed by atoms with E-state index in [4.69, 9.17) is 11.6 Å². The third kappa shape index (κ3) is 3.95. The minimum absolute atomic E-state index is 0.00159. The second-order valence-electron chi connectivity index (χ2n) is 6.78. The number of imidazole rings is 1. The van der Waals surface area contributed by atoms with E-state index >= 15 is 0 Å². The zero-order valence-corrected chi connectivity index (χ0v) is 15.9. The Labute approximate surface area is 150 Å². The number of fused-ring (bicyclic) bond motifs is 1. The number of carbonyl (C=O) groups excluding carboxylic acids is 1. The van der Waals surface area contributed by atoms with Crippen LogP contribution >= 0.6 is 11.6 Å². The Morgan fingerprint density at radius 2 is 1.80 bits per heavy atom. The minimum atomic E-state index is -0.529. The monoisotopic (exact) mass is 369 g/mol. The van der Waals surface area contributed by atoms with Crippen molar-refractivity contribution in [1.82, 2.24) is 24.0 Å². The first-order valence-electron chi connectivity index (χ1n) is 8.24. The highest BCUT2D eigenvalue weighted by molar-refractivity contribution is 6.29. The fraction of sp³-hybridized carbons (Fsp3) is 0.625. The lowest BCUT2D eigenvalue weighted by Gasteiger charge is -2.15. The molecular weight excluding hydrogens is 346 g/mol. The van der Waals surface area contributed by atoms with Crippen LogP contribution in [0.1, 0.15) is 33.6 Å². The number of hydrogen-bond donors (Lipinski definition) is 1. The molecule has 0 saturated carbocycles. The van der Waals surface area contributed by atoms with Crippen molar-refractivity contribution >= 4 is 28.7 Å². The van der Waals surface area contributed by atoms with Crippen molar-refractivity contribution in [3.63, 3.8) is 0 Å². The predicted molar refractivity (Wildman–Crippen MR) is 96.9 cm³/mol. The van der Waals surface area contributed by atoms with Crippen molar-refractivity contribution in [2.24, 2.45) is 20.0 Å². The van der Waals surface area contributed by atoms with Gasteiger partial charge >= 0.3 is 5.69 Å². The normalized spacial score (nSPS) is 12.8. The highest BCUT2D eigenvalue weighted by Crippen LogP contribution is 2.15. The number of hydrogen-bond acceptors (Lipinski definition) is 4. The number of nitrogens with zero attached hydrogens (tertiary/aromatic N) is 4. The number of aromatic nitrogens is 4. The summed E-state index contributed by atoms with van der Waals surface area (Å²) in [4.78, 5) is 40.8. The third-order valence-corrected chi connectivity index (χ3v) is 4.48. The van der Waals surface area contributed by atoms with Gasteiger partial charge < -0.3 is 5.32 Å². The van der Waals surface area contributed by atoms with E-state index in [0.717, 1.165) is 17.4 Å². The van der Waals surface area contributed by atoms with Crippen LogP contribution < -0.4 is 16.6 Å². The van der Waals surface area contributed by atoms with Gasteiger partial charge in [-0.25, -0.2) is 4.79 Å². The van der Waals surface area contributed by atoms with Crippen LogP contribution in [0.2, 0.25) is 5.28 Å². The third-order valence-electron chi connectivity index (χ3n) is 4.19. The van der Waals surface area contributed by atoms with Crippen molar-refractivity contribution < 1.29 is 4.79 Å². The molecule has 0 bridgehead atoms. The Morgan fingerprint density at radius 1 is 1.16 bits per heavy atom. The zero-order chi connectivity index (χ0) is 18.9. The number of rotatable bonds is 6. The molecule has 1 amide bonds. The van der Waals surface area contributed by atoms with Crippen LogP contribution in [0.5, 0.6) is 0 Å². The van der Waals surface area contributed by atoms with Gasteiger partial charge in [0, 0.05) is 20.1 Å². The zero-order valence-electron chi connectivity index (χ0n) is 15.2. The van der Waals surface area contributed by atoms with Gasteiger partial charge in [-0.3, -0.25) is 23.3 Å². The standard InChI is InChI=1S/C16H24ClN5O3/c1-9(2)6-7-10(3)18-11(23)8-22-12-13(19-15(22)17)20(4)16(25)21(5)14(12)24/h9-10H,6-8H2,1-5H3,(H,18,23)/t10-/m1/s1. The maximum Gasteiger partial charge on any atom is 0.332 e. The maximum absolute atomic E-state index is 12.4. The van der Waals surface area contributed by atoms with Crippen molar-refractivity contribution in [3.8, 4) is 0 Å². The summed E-state index contributed by atoms with van der Waals surface area (Å²) in [5, 5.41) is 2.90. The van der Waals surface area contributed by atoms with Gasteiger partial charge in [-0.05, 0) is 37.3 Å². The highest BCUT2D eigenvalue weighted by atomic mass is 35.5. The van der Waals surface area contributed by atoms with Crippen LogP contribution in [-0.4, -0.2) is 30.6 Å². The first-order chi connectivity index (χ1) is 11.6. The SMILES string of the molecule is CC(C)CC[C@@H](C)NC(=O)Cn1c(Cl)nc2c1c(=O)n(C)c(=O)n2C. The molecule has 2 aromatic heterocycles. The van der Waals surface area contributed by atoms with Crippen molar-refractivity contribution in [2.45, 2.75) is 46.2 Å². The average Bonchev–Trinajstić information content (AvgIpc) is 2.85. The minimum Gasteiger partial charge on any atom is -0.352 e. The summed E-state index contributed by atoms with van der Waals surface area (Å²) in [6.45, 7) is 6.07. The molecule has 0 spiro atoms. The molecule has 1 atom stereocenters. The predicted octanol–water partition coefficient (Wildman–Crippen LogP) is 1.03. The Bertz CT molecular complexity index is 909. The Kier molecular flexibility index (Phi) is 5.72. The second kappa shape index (κ2) is 7.43. The molecule has 0 aliphatic carbocycles. The number of amides is 1. The maximum atomic E-state index is 12.4. The average molecular weight is 370 g/mol. The molecule has 0 aliphatic heterocycles. The van der Waals surface area contributed by atoms with Gasteiger partial charge in [0.25, 0.3) is 5.56 Å². The van der Waals surface area contributed by atoms with Crippen LogP contribution in [0.15, 0.2) is 9.59 Å². The molecule has 9 heteroatoms. The van der Waals surface area contributed by atoms with Crippen molar-refractivity contribution in [2.75, 3.05) is 0 Å². The van der Waals surface area contributed by atoms with E-state index < -0.39 is 11.2 Å². The molecule has 1 N–H and O–H groups in total. The molecule has 2 heterocycles. The smallest absolute Gasteiger partial charge is 0.332 e. The number of nitrogens with one attached hydrogen (secondary N) is 1. The van der Waals surface area contributed by atoms with Gasteiger partial charge in [-0.2, -0.15) is 4.98 Å². The Hall–Kier alpha value is -2.09. The van der Waals surface area contributed by atoms with Gasteiger partial charge in [0.05, 0.1) is 0 Å². The molecule has 0 aromatic carbocycles. The largest absolute Gasteiger partial charge is 0.352 e. The van der Waals surface area contributed by atoms with E-state index in [1.54, 1.807) is 0 Å². The summed E-state index contributed by atoms with van der Waals surface area (Å²) >= 11 is 6.11. The summed E-state index contributed by atoms with van der Waals surface area (Å²) in [5.41, 5.74) is -0.720. The molecule has 0 radical (unpaired) electrons. The molecule has 25 heavy (non-hydrogen) atoms. The van der Waals surface area contributed by atoms with E-state index in [-0.39, 0.29) is 34.9 Å².